The van der Waals surface area contributed by atoms with E-state index in [4.69, 9.17) is 9.21 Å². The maximum absolute atomic E-state index is 10.8. The van der Waals surface area contributed by atoms with Crippen LogP contribution >= 0.6 is 34.3 Å². The molecule has 0 saturated heterocycles. The highest BCUT2D eigenvalue weighted by Gasteiger charge is 2.17. The zero-order chi connectivity index (χ0) is 9.56. The fraction of sp³-hybridized carbons (Fsp3) is 0.800. The lowest BCUT2D eigenvalue weighted by Gasteiger charge is -2.10. The van der Waals surface area contributed by atoms with Gasteiger partial charge in [-0.25, -0.2) is 0 Å². The minimum Gasteiger partial charge on any atom is -0.469 e. The van der Waals surface area contributed by atoms with E-state index in [0.29, 0.717) is 11.9 Å². The molecule has 7 heteroatoms. The van der Waals surface area contributed by atoms with Crippen LogP contribution in [-0.2, 0) is 14.2 Å². The molecule has 0 aliphatic rings. The van der Waals surface area contributed by atoms with E-state index in [1.807, 2.05) is 22.4 Å². The molecule has 0 aliphatic heterocycles. The van der Waals surface area contributed by atoms with Gasteiger partial charge in [-0.2, -0.15) is 0 Å². The van der Waals surface area contributed by atoms with Crippen LogP contribution in [0.2, 0.25) is 0 Å². The Balaban J connectivity index is 3.56. The standard InChI is InChI=1S/C5H10BIO4S/c1-4(5(8)10-2)3-11-6(7)12-9/h4,9H,3H2,1-2H3. The maximum atomic E-state index is 10.8. The molecule has 0 aliphatic carbocycles. The lowest BCUT2D eigenvalue weighted by Crippen LogP contribution is -2.21. The molecule has 1 atom stereocenters. The predicted octanol–water partition coefficient (Wildman–Crippen LogP) is 1.44. The molecule has 0 aromatic heterocycles. The monoisotopic (exact) mass is 304 g/mol. The highest BCUT2D eigenvalue weighted by Crippen LogP contribution is 2.12. The summed E-state index contributed by atoms with van der Waals surface area (Å²) in [6.07, 6.45) is 0. The number of carbonyl (C=O) groups is 1. The summed E-state index contributed by atoms with van der Waals surface area (Å²) in [5.74, 6) is -0.596. The zero-order valence-corrected chi connectivity index (χ0v) is 9.79. The zero-order valence-electron chi connectivity index (χ0n) is 6.82. The molecule has 1 N–H and O–H groups in total. The molecule has 0 saturated carbocycles. The van der Waals surface area contributed by atoms with Crippen LogP contribution in [0.5, 0.6) is 0 Å². The molecule has 0 heterocycles. The van der Waals surface area contributed by atoms with Gasteiger partial charge >= 0.3 is 10.0 Å². The average molecular weight is 304 g/mol. The molecule has 0 radical (unpaired) electrons. The van der Waals surface area contributed by atoms with Crippen molar-refractivity contribution in [2.75, 3.05) is 13.7 Å². The molecule has 4 nitrogen and oxygen atoms in total. The van der Waals surface area contributed by atoms with Crippen molar-refractivity contribution >= 4 is 44.3 Å². The van der Waals surface area contributed by atoms with Gasteiger partial charge in [-0.15, -0.1) is 0 Å². The number of halogens is 1. The summed E-state index contributed by atoms with van der Waals surface area (Å²) in [6.45, 7) is 1.96. The number of methoxy groups -OCH3 is 1. The third-order valence-electron chi connectivity index (χ3n) is 1.16. The molecule has 1 unspecified atom stereocenters. The summed E-state index contributed by atoms with van der Waals surface area (Å²) in [7, 11) is 1.33. The van der Waals surface area contributed by atoms with E-state index in [9.17, 15) is 4.79 Å². The lowest BCUT2D eigenvalue weighted by atomic mass is 10.2. The van der Waals surface area contributed by atoms with Gasteiger partial charge in [0.2, 0.25) is 0 Å². The van der Waals surface area contributed by atoms with Gasteiger partial charge in [-0.3, -0.25) is 4.79 Å². The number of rotatable bonds is 5. The molecular weight excluding hydrogens is 294 g/mol. The first-order chi connectivity index (χ1) is 5.61. The molecule has 0 rings (SSSR count). The van der Waals surface area contributed by atoms with E-state index < -0.39 is 0 Å². The average Bonchev–Trinajstić information content (AvgIpc) is 2.11. The number of esters is 1. The Morgan fingerprint density at radius 3 is 2.83 bits per heavy atom. The first kappa shape index (κ1) is 12.5. The van der Waals surface area contributed by atoms with Gasteiger partial charge in [0.25, 0.3) is 0 Å². The highest BCUT2D eigenvalue weighted by molar-refractivity contribution is 14.1. The van der Waals surface area contributed by atoms with Crippen molar-refractivity contribution in [1.82, 2.24) is 0 Å². The van der Waals surface area contributed by atoms with Gasteiger partial charge < -0.3 is 13.9 Å². The van der Waals surface area contributed by atoms with Crippen molar-refractivity contribution in [2.24, 2.45) is 5.92 Å². The molecule has 0 aromatic carbocycles. The molecule has 0 aromatic rings. The SMILES string of the molecule is COC(=O)C(C)COB(I)SO. The van der Waals surface area contributed by atoms with Crippen molar-refractivity contribution in [1.29, 1.82) is 0 Å². The highest BCUT2D eigenvalue weighted by atomic mass is 127. The van der Waals surface area contributed by atoms with Crippen LogP contribution in [0.25, 0.3) is 0 Å². The van der Waals surface area contributed by atoms with E-state index in [-0.39, 0.29) is 22.5 Å². The number of ether oxygens (including phenoxy) is 1. The molecule has 0 fully saturated rings. The smallest absolute Gasteiger partial charge is 0.462 e. The summed E-state index contributed by atoms with van der Waals surface area (Å²) in [5.41, 5.74) is 0. The molecule has 70 valence electrons. The van der Waals surface area contributed by atoms with Crippen LogP contribution in [0, 0.1) is 5.92 Å². The molecule has 0 spiro atoms. The first-order valence-electron chi connectivity index (χ1n) is 3.25. The van der Waals surface area contributed by atoms with Crippen molar-refractivity contribution in [3.05, 3.63) is 0 Å². The van der Waals surface area contributed by atoms with Crippen molar-refractivity contribution in [3.8, 4) is 0 Å². The van der Waals surface area contributed by atoms with E-state index in [1.54, 1.807) is 6.92 Å². The third-order valence-corrected chi connectivity index (χ3v) is 2.51. The quantitative estimate of drug-likeness (QED) is 0.360. The Bertz CT molecular complexity index is 147. The van der Waals surface area contributed by atoms with Crippen LogP contribution in [0.4, 0.5) is 0 Å². The molecular formula is C5H10BIO4S. The normalized spacial score (nSPS) is 12.3. The maximum Gasteiger partial charge on any atom is 0.462 e. The van der Waals surface area contributed by atoms with Gasteiger partial charge in [0.1, 0.15) is 0 Å². The number of hydrogen-bond donors (Lipinski definition) is 1. The van der Waals surface area contributed by atoms with Crippen LogP contribution in [0.3, 0.4) is 0 Å². The van der Waals surface area contributed by atoms with Gasteiger partial charge in [-0.1, -0.05) is 22.4 Å². The molecule has 0 bridgehead atoms. The minimum absolute atomic E-state index is 0.258. The Morgan fingerprint density at radius 2 is 2.42 bits per heavy atom. The van der Waals surface area contributed by atoms with E-state index >= 15 is 0 Å². The fourth-order valence-corrected chi connectivity index (χ4v) is 0.867. The number of carbonyl (C=O) groups excluding carboxylic acids is 1. The van der Waals surface area contributed by atoms with E-state index in [1.165, 1.54) is 7.11 Å². The Kier molecular flexibility index (Phi) is 7.30. The summed E-state index contributed by atoms with van der Waals surface area (Å²) < 4.78 is 17.7. The van der Waals surface area contributed by atoms with E-state index in [2.05, 4.69) is 4.74 Å². The van der Waals surface area contributed by atoms with Crippen molar-refractivity contribution in [3.63, 3.8) is 0 Å². The summed E-state index contributed by atoms with van der Waals surface area (Å²) in [6, 6.07) is 0. The van der Waals surface area contributed by atoms with E-state index in [0.717, 1.165) is 0 Å². The lowest BCUT2D eigenvalue weighted by molar-refractivity contribution is -0.145. The summed E-state index contributed by atoms with van der Waals surface area (Å²) in [4.78, 5) is 10.8. The molecule has 0 amide bonds. The van der Waals surface area contributed by atoms with Crippen LogP contribution in [-0.4, -0.2) is 28.3 Å². The second kappa shape index (κ2) is 6.99. The summed E-state index contributed by atoms with van der Waals surface area (Å²) in [5, 5.41) is 0. The van der Waals surface area contributed by atoms with Crippen molar-refractivity contribution < 1.29 is 18.7 Å². The fourth-order valence-electron chi connectivity index (χ4n) is 0.520. The Labute approximate surface area is 89.5 Å². The van der Waals surface area contributed by atoms with Gasteiger partial charge in [-0.05, 0) is 18.8 Å². The largest absolute Gasteiger partial charge is 0.469 e. The van der Waals surface area contributed by atoms with Gasteiger partial charge in [0.05, 0.1) is 13.0 Å². The van der Waals surface area contributed by atoms with Gasteiger partial charge in [0.15, 0.2) is 0 Å². The first-order valence-corrected chi connectivity index (χ1v) is 5.33. The second-order valence-corrected chi connectivity index (χ2v) is 4.75. The van der Waals surface area contributed by atoms with Crippen LogP contribution < -0.4 is 0 Å². The van der Waals surface area contributed by atoms with Crippen LogP contribution in [0.1, 0.15) is 6.92 Å². The Morgan fingerprint density at radius 1 is 1.83 bits per heavy atom. The topological polar surface area (TPSA) is 55.8 Å². The third kappa shape index (κ3) is 5.23. The van der Waals surface area contributed by atoms with Gasteiger partial charge in [0, 0.05) is 6.61 Å². The Hall–Kier alpha value is 0.535. The second-order valence-electron chi connectivity index (χ2n) is 2.14. The minimum atomic E-state index is -0.338. The van der Waals surface area contributed by atoms with Crippen LogP contribution in [0.15, 0.2) is 0 Å². The molecule has 12 heavy (non-hydrogen) atoms. The van der Waals surface area contributed by atoms with Crippen molar-refractivity contribution in [2.45, 2.75) is 6.92 Å². The summed E-state index contributed by atoms with van der Waals surface area (Å²) >= 11 is 2.51. The predicted molar refractivity (Wildman–Crippen MR) is 57.1 cm³/mol. The number of hydrogen-bond acceptors (Lipinski definition) is 5.